The minimum absolute atomic E-state index is 0.321. The van der Waals surface area contributed by atoms with Crippen molar-refractivity contribution in [3.8, 4) is 5.75 Å². The molecule has 0 atom stereocenters. The van der Waals surface area contributed by atoms with Crippen LogP contribution in [0.15, 0.2) is 53.6 Å². The molecule has 0 bridgehead atoms. The zero-order chi connectivity index (χ0) is 17.4. The van der Waals surface area contributed by atoms with Crippen LogP contribution < -0.4 is 15.9 Å². The second kappa shape index (κ2) is 8.33. The molecule has 0 aliphatic rings. The number of carbonyl (C=O) groups excluding carboxylic acids is 2. The number of nitrogens with one attached hydrogen (secondary N) is 1. The Morgan fingerprint density at radius 3 is 2.62 bits per heavy atom. The predicted molar refractivity (Wildman–Crippen MR) is 88.9 cm³/mol. The summed E-state index contributed by atoms with van der Waals surface area (Å²) in [5, 5.41) is 3.66. The molecule has 2 aromatic rings. The van der Waals surface area contributed by atoms with Crippen molar-refractivity contribution in [2.75, 3.05) is 7.11 Å². The van der Waals surface area contributed by atoms with Gasteiger partial charge < -0.3 is 15.2 Å². The summed E-state index contributed by atoms with van der Waals surface area (Å²) in [6.45, 7) is 0.321. The summed E-state index contributed by atoms with van der Waals surface area (Å²) in [6, 6.07) is 13.4. The van der Waals surface area contributed by atoms with Crippen LogP contribution in [0.5, 0.6) is 5.75 Å². The van der Waals surface area contributed by atoms with Crippen LogP contribution in [0, 0.1) is 0 Å². The number of carbonyl (C=O) groups is 2. The van der Waals surface area contributed by atoms with E-state index in [2.05, 4.69) is 15.3 Å². The molecule has 0 aliphatic heterocycles. The van der Waals surface area contributed by atoms with Crippen LogP contribution in [0.1, 0.15) is 21.5 Å². The average molecular weight is 327 g/mol. The highest BCUT2D eigenvalue weighted by molar-refractivity contribution is 5.89. The van der Waals surface area contributed by atoms with E-state index in [4.69, 9.17) is 10.5 Å². The highest BCUT2D eigenvalue weighted by atomic mass is 16.5. The molecule has 0 fully saturated rings. The molecule has 0 aliphatic carbocycles. The second-order valence-electron chi connectivity index (χ2n) is 4.78. The molecule has 2 amide bonds. The van der Waals surface area contributed by atoms with Crippen molar-refractivity contribution in [3.05, 3.63) is 65.2 Å². The summed E-state index contributed by atoms with van der Waals surface area (Å²) in [5.41, 5.74) is 9.13. The van der Waals surface area contributed by atoms with Gasteiger partial charge in [-0.15, -0.1) is 0 Å². The summed E-state index contributed by atoms with van der Waals surface area (Å²) >= 11 is 0. The molecule has 0 spiro atoms. The first-order chi connectivity index (χ1) is 11.6. The van der Waals surface area contributed by atoms with Crippen molar-refractivity contribution >= 4 is 18.2 Å². The van der Waals surface area contributed by atoms with Crippen molar-refractivity contribution in [1.29, 1.82) is 0 Å². The van der Waals surface area contributed by atoms with Gasteiger partial charge in [0.2, 0.25) is 0 Å². The Morgan fingerprint density at radius 2 is 1.96 bits per heavy atom. The SMILES string of the molecule is COC(=O)c1cccc(COc2ccc(C=NNC(N)=O)cc2)c1. The van der Waals surface area contributed by atoms with Gasteiger partial charge in [-0.05, 0) is 47.5 Å². The van der Waals surface area contributed by atoms with E-state index < -0.39 is 6.03 Å². The molecule has 24 heavy (non-hydrogen) atoms. The molecule has 7 nitrogen and oxygen atoms in total. The van der Waals surface area contributed by atoms with Crippen LogP contribution in [0.3, 0.4) is 0 Å². The summed E-state index contributed by atoms with van der Waals surface area (Å²) in [4.78, 5) is 22.0. The van der Waals surface area contributed by atoms with Gasteiger partial charge in [0, 0.05) is 0 Å². The third-order valence-corrected chi connectivity index (χ3v) is 3.02. The molecule has 7 heteroatoms. The summed E-state index contributed by atoms with van der Waals surface area (Å²) in [7, 11) is 1.34. The van der Waals surface area contributed by atoms with Crippen molar-refractivity contribution in [2.45, 2.75) is 6.61 Å². The molecule has 0 radical (unpaired) electrons. The first kappa shape index (κ1) is 17.0. The van der Waals surface area contributed by atoms with E-state index in [0.717, 1.165) is 11.1 Å². The topological polar surface area (TPSA) is 103 Å². The van der Waals surface area contributed by atoms with Crippen LogP contribution in [-0.4, -0.2) is 25.3 Å². The summed E-state index contributed by atoms with van der Waals surface area (Å²) < 4.78 is 10.4. The molecule has 2 rings (SSSR count). The highest BCUT2D eigenvalue weighted by Gasteiger charge is 2.05. The molecule has 124 valence electrons. The lowest BCUT2D eigenvalue weighted by Crippen LogP contribution is -2.24. The van der Waals surface area contributed by atoms with Gasteiger partial charge in [-0.3, -0.25) is 0 Å². The van der Waals surface area contributed by atoms with Crippen molar-refractivity contribution in [1.82, 2.24) is 5.43 Å². The molecule has 0 saturated heterocycles. The van der Waals surface area contributed by atoms with Gasteiger partial charge in [-0.2, -0.15) is 5.10 Å². The number of hydrazone groups is 1. The fourth-order valence-electron chi connectivity index (χ4n) is 1.89. The third-order valence-electron chi connectivity index (χ3n) is 3.02. The van der Waals surface area contributed by atoms with Gasteiger partial charge in [0.25, 0.3) is 0 Å². The number of nitrogens with two attached hydrogens (primary N) is 1. The van der Waals surface area contributed by atoms with Crippen LogP contribution in [0.25, 0.3) is 0 Å². The zero-order valence-electron chi connectivity index (χ0n) is 13.1. The van der Waals surface area contributed by atoms with Gasteiger partial charge >= 0.3 is 12.0 Å². The summed E-state index contributed by atoms with van der Waals surface area (Å²) in [6.07, 6.45) is 1.47. The fraction of sp³-hybridized carbons (Fsp3) is 0.118. The van der Waals surface area contributed by atoms with Gasteiger partial charge in [0.05, 0.1) is 18.9 Å². The minimum Gasteiger partial charge on any atom is -0.489 e. The van der Waals surface area contributed by atoms with E-state index in [9.17, 15) is 9.59 Å². The Balaban J connectivity index is 1.94. The first-order valence-electron chi connectivity index (χ1n) is 7.07. The third kappa shape index (κ3) is 5.13. The highest BCUT2D eigenvalue weighted by Crippen LogP contribution is 2.14. The Bertz CT molecular complexity index is 742. The van der Waals surface area contributed by atoms with Crippen LogP contribution in [0.2, 0.25) is 0 Å². The van der Waals surface area contributed by atoms with Crippen LogP contribution in [0.4, 0.5) is 4.79 Å². The normalized spacial score (nSPS) is 10.4. The largest absolute Gasteiger partial charge is 0.489 e. The maximum atomic E-state index is 11.5. The number of rotatable bonds is 6. The van der Waals surface area contributed by atoms with E-state index in [1.807, 2.05) is 6.07 Å². The lowest BCUT2D eigenvalue weighted by Gasteiger charge is -2.07. The Kier molecular flexibility index (Phi) is 5.90. The molecule has 3 N–H and O–H groups in total. The Morgan fingerprint density at radius 1 is 1.21 bits per heavy atom. The molecule has 0 aromatic heterocycles. The monoisotopic (exact) mass is 327 g/mol. The van der Waals surface area contributed by atoms with E-state index in [1.54, 1.807) is 42.5 Å². The molecular formula is C17H17N3O4. The number of esters is 1. The molecule has 2 aromatic carbocycles. The van der Waals surface area contributed by atoms with Crippen molar-refractivity contribution < 1.29 is 19.1 Å². The second-order valence-corrected chi connectivity index (χ2v) is 4.78. The predicted octanol–water partition coefficient (Wildman–Crippen LogP) is 2.05. The zero-order valence-corrected chi connectivity index (χ0v) is 13.1. The van der Waals surface area contributed by atoms with E-state index >= 15 is 0 Å². The van der Waals surface area contributed by atoms with E-state index in [0.29, 0.717) is 17.9 Å². The molecular weight excluding hydrogens is 310 g/mol. The Hall–Kier alpha value is -3.35. The first-order valence-corrected chi connectivity index (χ1v) is 7.07. The quantitative estimate of drug-likeness (QED) is 0.481. The summed E-state index contributed by atoms with van der Waals surface area (Å²) in [5.74, 6) is 0.281. The number of urea groups is 1. The average Bonchev–Trinajstić information content (AvgIpc) is 2.60. The smallest absolute Gasteiger partial charge is 0.337 e. The number of nitrogens with zero attached hydrogens (tertiary/aromatic N) is 1. The van der Waals surface area contributed by atoms with Crippen LogP contribution in [-0.2, 0) is 11.3 Å². The van der Waals surface area contributed by atoms with Crippen LogP contribution >= 0.6 is 0 Å². The van der Waals surface area contributed by atoms with Crippen molar-refractivity contribution in [3.63, 3.8) is 0 Å². The number of ether oxygens (including phenoxy) is 2. The number of hydrogen-bond acceptors (Lipinski definition) is 5. The standard InChI is InChI=1S/C17H17N3O4/c1-23-16(21)14-4-2-3-13(9-14)11-24-15-7-5-12(6-8-15)10-19-20-17(18)22/h2-10H,11H2,1H3,(H3,18,20,22). The maximum absolute atomic E-state index is 11.5. The fourth-order valence-corrected chi connectivity index (χ4v) is 1.89. The van der Waals surface area contributed by atoms with Crippen molar-refractivity contribution in [2.24, 2.45) is 10.8 Å². The maximum Gasteiger partial charge on any atom is 0.337 e. The molecule has 0 unspecified atom stereocenters. The number of benzene rings is 2. The number of primary amides is 1. The number of amides is 2. The molecule has 0 heterocycles. The van der Waals surface area contributed by atoms with E-state index in [1.165, 1.54) is 13.3 Å². The lowest BCUT2D eigenvalue weighted by atomic mass is 10.1. The molecule has 0 saturated carbocycles. The van der Waals surface area contributed by atoms with Gasteiger partial charge in [-0.1, -0.05) is 12.1 Å². The van der Waals surface area contributed by atoms with Gasteiger partial charge in [0.15, 0.2) is 0 Å². The Labute approximate surface area is 139 Å². The van der Waals surface area contributed by atoms with Gasteiger partial charge in [-0.25, -0.2) is 15.0 Å². The minimum atomic E-state index is -0.722. The number of methoxy groups -OCH3 is 1. The number of hydrogen-bond donors (Lipinski definition) is 2. The lowest BCUT2D eigenvalue weighted by molar-refractivity contribution is 0.0600. The van der Waals surface area contributed by atoms with Gasteiger partial charge in [0.1, 0.15) is 12.4 Å². The van der Waals surface area contributed by atoms with E-state index in [-0.39, 0.29) is 5.97 Å².